The molecule has 0 saturated carbocycles. The summed E-state index contributed by atoms with van der Waals surface area (Å²) in [6, 6.07) is 24.6. The van der Waals surface area contributed by atoms with Gasteiger partial charge in [0.2, 0.25) is 0 Å². The van der Waals surface area contributed by atoms with Gasteiger partial charge in [0, 0.05) is 22.0 Å². The molecule has 0 aliphatic carbocycles. The van der Waals surface area contributed by atoms with Crippen LogP contribution in [0.5, 0.6) is 0 Å². The van der Waals surface area contributed by atoms with E-state index in [1.807, 2.05) is 30.3 Å². The van der Waals surface area contributed by atoms with Gasteiger partial charge in [-0.25, -0.2) is 4.98 Å². The zero-order chi connectivity index (χ0) is 14.2. The van der Waals surface area contributed by atoms with Crippen LogP contribution in [-0.4, -0.2) is 4.98 Å². The summed E-state index contributed by atoms with van der Waals surface area (Å²) in [5.41, 5.74) is 9.66. The molecule has 0 fully saturated rings. The van der Waals surface area contributed by atoms with Crippen LogP contribution < -0.4 is 5.73 Å². The molecule has 21 heavy (non-hydrogen) atoms. The van der Waals surface area contributed by atoms with Gasteiger partial charge < -0.3 is 5.73 Å². The maximum Gasteiger partial charge on any atom is 0.0788 e. The van der Waals surface area contributed by atoms with E-state index < -0.39 is 0 Å². The van der Waals surface area contributed by atoms with Crippen molar-refractivity contribution in [3.8, 4) is 11.3 Å². The molecule has 4 aromatic rings. The lowest BCUT2D eigenvalue weighted by Gasteiger charge is -2.10. The molecule has 0 aliphatic heterocycles. The molecule has 100 valence electrons. The Morgan fingerprint density at radius 1 is 0.619 bits per heavy atom. The first kappa shape index (κ1) is 11.9. The summed E-state index contributed by atoms with van der Waals surface area (Å²) in [5.74, 6) is 0. The molecule has 0 spiro atoms. The van der Waals surface area contributed by atoms with Gasteiger partial charge in [-0.15, -0.1) is 0 Å². The van der Waals surface area contributed by atoms with Crippen molar-refractivity contribution >= 4 is 27.4 Å². The summed E-state index contributed by atoms with van der Waals surface area (Å²) in [4.78, 5) is 4.86. The second-order valence-electron chi connectivity index (χ2n) is 5.15. The second-order valence-corrected chi connectivity index (χ2v) is 5.15. The largest absolute Gasteiger partial charge is 0.399 e. The van der Waals surface area contributed by atoms with Gasteiger partial charge in [-0.1, -0.05) is 54.6 Å². The van der Waals surface area contributed by atoms with E-state index in [1.165, 1.54) is 16.2 Å². The van der Waals surface area contributed by atoms with E-state index in [1.54, 1.807) is 0 Å². The van der Waals surface area contributed by atoms with E-state index in [-0.39, 0.29) is 0 Å². The maximum atomic E-state index is 5.79. The summed E-state index contributed by atoms with van der Waals surface area (Å²) in [6.07, 6.45) is 0. The summed E-state index contributed by atoms with van der Waals surface area (Å²) >= 11 is 0. The summed E-state index contributed by atoms with van der Waals surface area (Å²) in [7, 11) is 0. The minimum absolute atomic E-state index is 0.767. The van der Waals surface area contributed by atoms with Gasteiger partial charge in [0.05, 0.1) is 11.2 Å². The third kappa shape index (κ3) is 1.93. The van der Waals surface area contributed by atoms with Crippen LogP contribution in [-0.2, 0) is 0 Å². The third-order valence-corrected chi connectivity index (χ3v) is 3.79. The molecule has 0 radical (unpaired) electrons. The average Bonchev–Trinajstić information content (AvgIpc) is 2.55. The monoisotopic (exact) mass is 270 g/mol. The fraction of sp³-hybridized carbons (Fsp3) is 0. The van der Waals surface area contributed by atoms with Crippen molar-refractivity contribution in [3.05, 3.63) is 72.8 Å². The van der Waals surface area contributed by atoms with Gasteiger partial charge in [-0.2, -0.15) is 0 Å². The number of nitrogens with two attached hydrogens (primary N) is 1. The zero-order valence-electron chi connectivity index (χ0n) is 11.5. The van der Waals surface area contributed by atoms with Crippen LogP contribution in [0.2, 0.25) is 0 Å². The van der Waals surface area contributed by atoms with Crippen molar-refractivity contribution in [2.45, 2.75) is 0 Å². The zero-order valence-corrected chi connectivity index (χ0v) is 11.5. The minimum atomic E-state index is 0.767. The molecular formula is C19H14N2. The topological polar surface area (TPSA) is 38.9 Å². The lowest BCUT2D eigenvalue weighted by molar-refractivity contribution is 1.43. The number of anilines is 1. The Hall–Kier alpha value is -2.87. The van der Waals surface area contributed by atoms with Crippen LogP contribution in [0.3, 0.4) is 0 Å². The smallest absolute Gasteiger partial charge is 0.0788 e. The van der Waals surface area contributed by atoms with Crippen molar-refractivity contribution in [1.29, 1.82) is 0 Å². The first-order valence-electron chi connectivity index (χ1n) is 6.96. The van der Waals surface area contributed by atoms with E-state index in [9.17, 15) is 0 Å². The van der Waals surface area contributed by atoms with Crippen LogP contribution in [0.15, 0.2) is 72.8 Å². The maximum absolute atomic E-state index is 5.79. The Morgan fingerprint density at radius 3 is 2.00 bits per heavy atom. The van der Waals surface area contributed by atoms with Crippen LogP contribution in [0.25, 0.3) is 32.9 Å². The normalized spacial score (nSPS) is 11.0. The fourth-order valence-electron chi connectivity index (χ4n) is 2.77. The predicted octanol–water partition coefficient (Wildman–Crippen LogP) is 4.64. The Bertz CT molecular complexity index is 940. The van der Waals surface area contributed by atoms with Crippen LogP contribution >= 0.6 is 0 Å². The predicted molar refractivity (Wildman–Crippen MR) is 89.1 cm³/mol. The lowest BCUT2D eigenvalue weighted by Crippen LogP contribution is -1.90. The Balaban J connectivity index is 2.13. The molecule has 4 rings (SSSR count). The first-order valence-corrected chi connectivity index (χ1v) is 6.96. The molecule has 0 unspecified atom stereocenters. The molecule has 0 aliphatic rings. The van der Waals surface area contributed by atoms with E-state index in [0.717, 1.165) is 22.5 Å². The van der Waals surface area contributed by atoms with E-state index in [2.05, 4.69) is 42.5 Å². The Kier molecular flexibility index (Phi) is 2.61. The number of fused-ring (bicyclic) bond motifs is 3. The number of pyridine rings is 1. The number of hydrogen-bond donors (Lipinski definition) is 1. The van der Waals surface area contributed by atoms with Crippen LogP contribution in [0, 0.1) is 0 Å². The molecule has 0 amide bonds. The van der Waals surface area contributed by atoms with Gasteiger partial charge in [0.25, 0.3) is 0 Å². The minimum Gasteiger partial charge on any atom is -0.399 e. The number of hydrogen-bond acceptors (Lipinski definition) is 2. The van der Waals surface area contributed by atoms with Crippen LogP contribution in [0.1, 0.15) is 0 Å². The highest BCUT2D eigenvalue weighted by Gasteiger charge is 2.09. The van der Waals surface area contributed by atoms with E-state index in [0.29, 0.717) is 0 Å². The number of aromatic nitrogens is 1. The van der Waals surface area contributed by atoms with Crippen molar-refractivity contribution < 1.29 is 0 Å². The molecule has 1 aromatic heterocycles. The molecule has 2 N–H and O–H groups in total. The Labute approximate surface area is 122 Å². The Morgan fingerprint density at radius 2 is 1.24 bits per heavy atom. The molecule has 0 saturated heterocycles. The van der Waals surface area contributed by atoms with Gasteiger partial charge in [0.1, 0.15) is 0 Å². The van der Waals surface area contributed by atoms with Crippen molar-refractivity contribution in [2.75, 3.05) is 5.73 Å². The van der Waals surface area contributed by atoms with Gasteiger partial charge in [-0.05, 0) is 23.6 Å². The fourth-order valence-corrected chi connectivity index (χ4v) is 2.77. The van der Waals surface area contributed by atoms with Crippen molar-refractivity contribution in [3.63, 3.8) is 0 Å². The number of nitrogens with zero attached hydrogens (tertiary/aromatic N) is 1. The number of rotatable bonds is 1. The molecule has 0 bridgehead atoms. The highest BCUT2D eigenvalue weighted by atomic mass is 14.7. The van der Waals surface area contributed by atoms with E-state index in [4.69, 9.17) is 10.7 Å². The molecule has 2 heteroatoms. The molecule has 1 heterocycles. The van der Waals surface area contributed by atoms with Gasteiger partial charge >= 0.3 is 0 Å². The molecule has 2 nitrogen and oxygen atoms in total. The van der Waals surface area contributed by atoms with Gasteiger partial charge in [0.15, 0.2) is 0 Å². The average molecular weight is 270 g/mol. The summed E-state index contributed by atoms with van der Waals surface area (Å²) < 4.78 is 0. The quantitative estimate of drug-likeness (QED) is 0.404. The highest BCUT2D eigenvalue weighted by molar-refractivity contribution is 6.10. The van der Waals surface area contributed by atoms with Crippen molar-refractivity contribution in [2.24, 2.45) is 0 Å². The van der Waals surface area contributed by atoms with Crippen LogP contribution in [0.4, 0.5) is 5.69 Å². The van der Waals surface area contributed by atoms with Crippen molar-refractivity contribution in [1.82, 2.24) is 4.98 Å². The molecule has 0 atom stereocenters. The van der Waals surface area contributed by atoms with E-state index >= 15 is 0 Å². The summed E-state index contributed by atoms with van der Waals surface area (Å²) in [6.45, 7) is 0. The lowest BCUT2D eigenvalue weighted by atomic mass is 10.00. The second kappa shape index (κ2) is 4.60. The third-order valence-electron chi connectivity index (χ3n) is 3.79. The number of benzene rings is 3. The standard InChI is InChI=1S/C19H14N2/c20-14-11-9-13(10-12-14)19-17-7-2-1-5-15(17)16-6-3-4-8-18(16)21-19/h1-12H,20H2. The molecule has 3 aromatic carbocycles. The number of nitrogen functional groups attached to an aromatic ring is 1. The number of para-hydroxylation sites is 1. The van der Waals surface area contributed by atoms with Gasteiger partial charge in [-0.3, -0.25) is 0 Å². The SMILES string of the molecule is Nc1ccc(-c2nc3ccccc3c3ccccc23)cc1. The molecular weight excluding hydrogens is 256 g/mol. The summed E-state index contributed by atoms with van der Waals surface area (Å²) in [5, 5.41) is 3.59. The first-order chi connectivity index (χ1) is 10.3. The highest BCUT2D eigenvalue weighted by Crippen LogP contribution is 2.32.